The number of esters is 1. The second kappa shape index (κ2) is 10.4. The monoisotopic (exact) mass is 298 g/mol. The molecule has 122 valence electrons. The molecule has 0 aromatic heterocycles. The van der Waals surface area contributed by atoms with E-state index >= 15 is 0 Å². The van der Waals surface area contributed by atoms with E-state index in [1.165, 1.54) is 19.4 Å². The van der Waals surface area contributed by atoms with E-state index < -0.39 is 0 Å². The van der Waals surface area contributed by atoms with Crippen LogP contribution in [0.3, 0.4) is 0 Å². The molecule has 1 aliphatic heterocycles. The predicted octanol–water partition coefficient (Wildman–Crippen LogP) is 0.979. The number of aliphatic imine (C=N–C) groups is 1. The minimum atomic E-state index is -0.133. The lowest BCUT2D eigenvalue weighted by molar-refractivity contribution is -0.143. The van der Waals surface area contributed by atoms with E-state index in [4.69, 9.17) is 4.74 Å². The van der Waals surface area contributed by atoms with Crippen molar-refractivity contribution >= 4 is 11.9 Å². The number of nitrogens with one attached hydrogen (secondary N) is 2. The molecule has 6 heteroatoms. The Labute approximate surface area is 128 Å². The Morgan fingerprint density at radius 3 is 2.86 bits per heavy atom. The minimum absolute atomic E-state index is 0.133. The van der Waals surface area contributed by atoms with Crippen molar-refractivity contribution in [1.29, 1.82) is 0 Å². The van der Waals surface area contributed by atoms with Crippen molar-refractivity contribution in [1.82, 2.24) is 15.5 Å². The SMILES string of the molecule is CCOC(=O)CCCNC(=NC)NCC1CCCN1CC. The first kappa shape index (κ1) is 17.8. The maximum atomic E-state index is 11.2. The van der Waals surface area contributed by atoms with Crippen LogP contribution in [-0.2, 0) is 9.53 Å². The van der Waals surface area contributed by atoms with Gasteiger partial charge in [-0.15, -0.1) is 0 Å². The van der Waals surface area contributed by atoms with Crippen molar-refractivity contribution < 1.29 is 9.53 Å². The van der Waals surface area contributed by atoms with Gasteiger partial charge >= 0.3 is 5.97 Å². The van der Waals surface area contributed by atoms with Gasteiger partial charge in [0, 0.05) is 32.6 Å². The Kier molecular flexibility index (Phi) is 8.82. The van der Waals surface area contributed by atoms with Crippen molar-refractivity contribution in [3.05, 3.63) is 0 Å². The Morgan fingerprint density at radius 2 is 2.19 bits per heavy atom. The highest BCUT2D eigenvalue weighted by Crippen LogP contribution is 2.15. The summed E-state index contributed by atoms with van der Waals surface area (Å²) < 4.78 is 4.90. The van der Waals surface area contributed by atoms with Gasteiger partial charge in [-0.25, -0.2) is 0 Å². The van der Waals surface area contributed by atoms with Gasteiger partial charge in [-0.2, -0.15) is 0 Å². The molecule has 1 saturated heterocycles. The molecule has 1 heterocycles. The van der Waals surface area contributed by atoms with E-state index in [9.17, 15) is 4.79 Å². The molecular formula is C15H30N4O2. The highest BCUT2D eigenvalue weighted by atomic mass is 16.5. The first-order valence-electron chi connectivity index (χ1n) is 8.05. The van der Waals surface area contributed by atoms with Gasteiger partial charge in [0.05, 0.1) is 6.61 Å². The summed E-state index contributed by atoms with van der Waals surface area (Å²) in [6, 6.07) is 0.605. The fourth-order valence-electron chi connectivity index (χ4n) is 2.65. The predicted molar refractivity (Wildman–Crippen MR) is 85.5 cm³/mol. The molecule has 6 nitrogen and oxygen atoms in total. The van der Waals surface area contributed by atoms with Gasteiger partial charge in [-0.3, -0.25) is 14.7 Å². The van der Waals surface area contributed by atoms with Gasteiger partial charge in [0.25, 0.3) is 0 Å². The molecular weight excluding hydrogens is 268 g/mol. The molecule has 0 amide bonds. The molecule has 0 saturated carbocycles. The van der Waals surface area contributed by atoms with Gasteiger partial charge < -0.3 is 15.4 Å². The summed E-state index contributed by atoms with van der Waals surface area (Å²) in [6.45, 7) is 8.44. The third kappa shape index (κ3) is 6.80. The van der Waals surface area contributed by atoms with E-state index in [1.807, 2.05) is 6.92 Å². The average molecular weight is 298 g/mol. The summed E-state index contributed by atoms with van der Waals surface area (Å²) in [6.07, 6.45) is 3.74. The van der Waals surface area contributed by atoms with Crippen LogP contribution in [0.5, 0.6) is 0 Å². The molecule has 0 radical (unpaired) electrons. The summed E-state index contributed by atoms with van der Waals surface area (Å²) in [4.78, 5) is 17.9. The van der Waals surface area contributed by atoms with Crippen molar-refractivity contribution in [2.75, 3.05) is 39.8 Å². The van der Waals surface area contributed by atoms with Gasteiger partial charge in [0.15, 0.2) is 5.96 Å². The van der Waals surface area contributed by atoms with Crippen LogP contribution in [-0.4, -0.2) is 62.7 Å². The number of likely N-dealkylation sites (tertiary alicyclic amines) is 1. The van der Waals surface area contributed by atoms with Gasteiger partial charge in [-0.1, -0.05) is 6.92 Å². The molecule has 1 atom stereocenters. The number of nitrogens with zero attached hydrogens (tertiary/aromatic N) is 2. The first-order chi connectivity index (χ1) is 10.2. The van der Waals surface area contributed by atoms with Gasteiger partial charge in [0.2, 0.25) is 0 Å². The number of hydrogen-bond acceptors (Lipinski definition) is 4. The topological polar surface area (TPSA) is 66.0 Å². The smallest absolute Gasteiger partial charge is 0.305 e. The van der Waals surface area contributed by atoms with Crippen molar-refractivity contribution in [3.8, 4) is 0 Å². The largest absolute Gasteiger partial charge is 0.466 e. The normalized spacial score (nSPS) is 19.6. The quantitative estimate of drug-likeness (QED) is 0.303. The Morgan fingerprint density at radius 1 is 1.38 bits per heavy atom. The number of carbonyl (C=O) groups is 1. The van der Waals surface area contributed by atoms with Crippen LogP contribution in [0.4, 0.5) is 0 Å². The molecule has 0 bridgehead atoms. The van der Waals surface area contributed by atoms with E-state index in [0.29, 0.717) is 19.1 Å². The van der Waals surface area contributed by atoms with Crippen LogP contribution in [0.15, 0.2) is 4.99 Å². The van der Waals surface area contributed by atoms with Crippen molar-refractivity contribution in [2.24, 2.45) is 4.99 Å². The van der Waals surface area contributed by atoms with Crippen molar-refractivity contribution in [3.63, 3.8) is 0 Å². The number of hydrogen-bond donors (Lipinski definition) is 2. The van der Waals surface area contributed by atoms with Crippen LogP contribution < -0.4 is 10.6 Å². The highest BCUT2D eigenvalue weighted by Gasteiger charge is 2.22. The highest BCUT2D eigenvalue weighted by molar-refractivity contribution is 5.79. The Bertz CT molecular complexity index is 334. The zero-order chi connectivity index (χ0) is 15.5. The summed E-state index contributed by atoms with van der Waals surface area (Å²) in [5.41, 5.74) is 0. The van der Waals surface area contributed by atoms with Gasteiger partial charge in [0.1, 0.15) is 0 Å². The Balaban J connectivity index is 2.16. The number of likely N-dealkylation sites (N-methyl/N-ethyl adjacent to an activating group) is 1. The fraction of sp³-hybridized carbons (Fsp3) is 0.867. The second-order valence-electron chi connectivity index (χ2n) is 5.21. The molecule has 1 rings (SSSR count). The molecule has 0 aromatic rings. The van der Waals surface area contributed by atoms with E-state index in [2.05, 4.69) is 27.4 Å². The summed E-state index contributed by atoms with van der Waals surface area (Å²) in [7, 11) is 1.77. The van der Waals surface area contributed by atoms with Crippen molar-refractivity contribution in [2.45, 2.75) is 45.6 Å². The summed E-state index contributed by atoms with van der Waals surface area (Å²) >= 11 is 0. The molecule has 2 N–H and O–H groups in total. The average Bonchev–Trinajstić information content (AvgIpc) is 2.94. The lowest BCUT2D eigenvalue weighted by atomic mass is 10.2. The van der Waals surface area contributed by atoms with Crippen LogP contribution in [0.1, 0.15) is 39.5 Å². The Hall–Kier alpha value is -1.30. The lowest BCUT2D eigenvalue weighted by Gasteiger charge is -2.23. The third-order valence-electron chi connectivity index (χ3n) is 3.79. The molecule has 1 fully saturated rings. The summed E-state index contributed by atoms with van der Waals surface area (Å²) in [5, 5.41) is 6.61. The number of rotatable bonds is 8. The maximum Gasteiger partial charge on any atom is 0.305 e. The zero-order valence-corrected chi connectivity index (χ0v) is 13.7. The molecule has 0 aromatic carbocycles. The fourth-order valence-corrected chi connectivity index (χ4v) is 2.65. The first-order valence-corrected chi connectivity index (χ1v) is 8.05. The zero-order valence-electron chi connectivity index (χ0n) is 13.7. The molecule has 0 aliphatic carbocycles. The number of carbonyl (C=O) groups excluding carboxylic acids is 1. The molecule has 21 heavy (non-hydrogen) atoms. The summed E-state index contributed by atoms with van der Waals surface area (Å²) in [5.74, 6) is 0.675. The lowest BCUT2D eigenvalue weighted by Crippen LogP contribution is -2.45. The third-order valence-corrected chi connectivity index (χ3v) is 3.79. The molecule has 1 aliphatic rings. The van der Waals surface area contributed by atoms with Crippen LogP contribution in [0.2, 0.25) is 0 Å². The maximum absolute atomic E-state index is 11.2. The van der Waals surface area contributed by atoms with E-state index in [0.717, 1.165) is 32.0 Å². The number of ether oxygens (including phenoxy) is 1. The van der Waals surface area contributed by atoms with E-state index in [-0.39, 0.29) is 5.97 Å². The minimum Gasteiger partial charge on any atom is -0.466 e. The molecule has 0 spiro atoms. The van der Waals surface area contributed by atoms with Gasteiger partial charge in [-0.05, 0) is 39.3 Å². The molecule has 1 unspecified atom stereocenters. The van der Waals surface area contributed by atoms with Crippen LogP contribution in [0.25, 0.3) is 0 Å². The standard InChI is InChI=1S/C15H30N4O2/c1-4-19-11-7-8-13(19)12-18-15(16-3)17-10-6-9-14(20)21-5-2/h13H,4-12H2,1-3H3,(H2,16,17,18). The van der Waals surface area contributed by atoms with E-state index in [1.54, 1.807) is 7.05 Å². The number of guanidine groups is 1. The van der Waals surface area contributed by atoms with Crippen LogP contribution >= 0.6 is 0 Å². The van der Waals surface area contributed by atoms with Crippen LogP contribution in [0, 0.1) is 0 Å². The second-order valence-corrected chi connectivity index (χ2v) is 5.21.